The summed E-state index contributed by atoms with van der Waals surface area (Å²) in [5.74, 6) is 0. The van der Waals surface area contributed by atoms with Crippen molar-refractivity contribution in [2.45, 2.75) is 220 Å². The van der Waals surface area contributed by atoms with Crippen LogP contribution < -0.4 is 0 Å². The van der Waals surface area contributed by atoms with Crippen LogP contribution in [0, 0.1) is 0 Å². The van der Waals surface area contributed by atoms with Crippen LogP contribution in [0.5, 0.6) is 0 Å². The maximum absolute atomic E-state index is 2.12. The van der Waals surface area contributed by atoms with Crippen molar-refractivity contribution < 1.29 is 23.3 Å². The standard InChI is InChI=1S/C3H8.C2H6.25CH4.4H2O.H2/c1-3-2;1-2;;;;;;;;;;;;;;;;;;;;;;;;;;;;;;/h3H2,1-2H3;1-2H3;25*1H4;4*1H2;1H. The molecule has 0 aliphatic heterocycles. The lowest BCUT2D eigenvalue weighted by atomic mass is 10.6. The lowest BCUT2D eigenvalue weighted by Gasteiger charge is -1.48. The Morgan fingerprint density at radius 1 is 0.235 bits per heavy atom. The highest BCUT2D eigenvalue weighted by atomic mass is 16.0. The van der Waals surface area contributed by atoms with E-state index in [4.69, 9.17) is 0 Å². The molecule has 0 fully saturated rings. The summed E-state index contributed by atoms with van der Waals surface area (Å²) in [7, 11) is 0. The van der Waals surface area contributed by atoms with E-state index in [1.165, 1.54) is 6.42 Å². The van der Waals surface area contributed by atoms with E-state index in [9.17, 15) is 0 Å². The number of hydrogen-bond acceptors (Lipinski definition) is 0. The quantitative estimate of drug-likeness (QED) is 0.285. The van der Waals surface area contributed by atoms with Gasteiger partial charge in [0, 0.05) is 1.43 Å². The fourth-order valence-electron chi connectivity index (χ4n) is 0. The van der Waals surface area contributed by atoms with Crippen LogP contribution in [0.25, 0.3) is 0 Å². The molecule has 268 valence electrons. The summed E-state index contributed by atoms with van der Waals surface area (Å²) >= 11 is 0. The molecule has 0 amide bonds. The molecule has 0 saturated carbocycles. The largest absolute Gasteiger partial charge is 0.412 e. The Hall–Kier alpha value is -0.160. The average molecular weight is 549 g/mol. The van der Waals surface area contributed by atoms with Crippen molar-refractivity contribution in [2.75, 3.05) is 0 Å². The maximum atomic E-state index is 2.12. The predicted molar refractivity (Wildman–Crippen MR) is 212 cm³/mol. The van der Waals surface area contributed by atoms with Gasteiger partial charge in [-0.25, -0.2) is 0 Å². The molecule has 0 atom stereocenters. The Kier molecular flexibility index (Phi) is 6280000. The molecule has 0 aromatic rings. The highest BCUT2D eigenvalue weighted by molar-refractivity contribution is 3.92. The van der Waals surface area contributed by atoms with Crippen molar-refractivity contribution >= 4 is 0 Å². The third-order valence-corrected chi connectivity index (χ3v) is 0. The van der Waals surface area contributed by atoms with Gasteiger partial charge in [-0.3, -0.25) is 0 Å². The molecule has 4 nitrogen and oxygen atoms in total. The van der Waals surface area contributed by atoms with Crippen LogP contribution in [0.1, 0.15) is 221 Å². The van der Waals surface area contributed by atoms with Crippen LogP contribution in [0.4, 0.5) is 0 Å². The fourth-order valence-corrected chi connectivity index (χ4v) is 0. The monoisotopic (exact) mass is 549 g/mol. The van der Waals surface area contributed by atoms with Gasteiger partial charge in [0.25, 0.3) is 0 Å². The normalized spacial score (nSPS) is 0.706. The molecule has 0 radical (unpaired) electrons. The molecule has 0 bridgehead atoms. The summed E-state index contributed by atoms with van der Waals surface area (Å²) in [4.78, 5) is 0. The van der Waals surface area contributed by atoms with E-state index in [-0.39, 0.29) is 209 Å². The van der Waals surface area contributed by atoms with Crippen LogP contribution in [0.2, 0.25) is 0 Å². The molecular weight excluding hydrogens is 424 g/mol. The van der Waals surface area contributed by atoms with E-state index in [2.05, 4.69) is 13.8 Å². The second-order valence-electron chi connectivity index (χ2n) is 0.707. The second-order valence-corrected chi connectivity index (χ2v) is 0.707. The summed E-state index contributed by atoms with van der Waals surface area (Å²) in [5, 5.41) is 0. The smallest absolute Gasteiger partial charge is 0 e. The number of hydrogen-bond donors (Lipinski definition) is 0. The molecule has 4 heteroatoms. The van der Waals surface area contributed by atoms with Gasteiger partial charge in [-0.2, -0.15) is 0 Å². The molecule has 0 aliphatic rings. The zero-order chi connectivity index (χ0) is 4.71. The van der Waals surface area contributed by atoms with E-state index in [0.717, 1.165) is 0 Å². The van der Waals surface area contributed by atoms with Crippen molar-refractivity contribution in [1.82, 2.24) is 0 Å². The van der Waals surface area contributed by atoms with Gasteiger partial charge in [0.15, 0.2) is 0 Å². The molecule has 0 saturated heterocycles. The van der Waals surface area contributed by atoms with Crippen molar-refractivity contribution in [3.8, 4) is 0 Å². The molecule has 0 unspecified atom stereocenters. The van der Waals surface area contributed by atoms with Gasteiger partial charge in [0.05, 0.1) is 0 Å². The second kappa shape index (κ2) is 47200. The first-order valence-electron chi connectivity index (χ1n) is 2.41. The number of rotatable bonds is 0. The molecule has 0 rings (SSSR count). The zero-order valence-corrected chi connectivity index (χ0v) is 6.71. The molecule has 0 aromatic heterocycles. The molecule has 0 spiro atoms. The summed E-state index contributed by atoms with van der Waals surface area (Å²) in [6, 6.07) is 0. The molecule has 0 aromatic carbocycles. The van der Waals surface area contributed by atoms with Crippen molar-refractivity contribution in [3.63, 3.8) is 0 Å². The minimum absolute atomic E-state index is 0. The van der Waals surface area contributed by atoms with E-state index in [0.29, 0.717) is 0 Å². The van der Waals surface area contributed by atoms with E-state index in [1.54, 1.807) is 0 Å². The highest BCUT2D eigenvalue weighted by Crippen LogP contribution is 1.56. The molecule has 8 N–H and O–H groups in total. The van der Waals surface area contributed by atoms with E-state index >= 15 is 0 Å². The predicted octanol–water partition coefficient (Wildman–Crippen LogP) is 15.3. The first-order valence-corrected chi connectivity index (χ1v) is 2.41. The molecule has 0 aliphatic carbocycles. The van der Waals surface area contributed by atoms with E-state index in [1.807, 2.05) is 13.8 Å². The minimum atomic E-state index is 0. The van der Waals surface area contributed by atoms with Gasteiger partial charge in [-0.15, -0.1) is 0 Å². The van der Waals surface area contributed by atoms with Gasteiger partial charge in [-0.05, 0) is 0 Å². The Balaban J connectivity index is -0.0000000000928. The van der Waals surface area contributed by atoms with Crippen molar-refractivity contribution in [2.24, 2.45) is 0 Å². The Morgan fingerprint density at radius 3 is 0.235 bits per heavy atom. The SMILES string of the molecule is C.C.C.C.C.C.C.C.C.C.C.C.C.C.C.C.C.C.C.C.C.C.C.C.C.CC.CCC.O.O.O.O.[HH]. The van der Waals surface area contributed by atoms with Crippen molar-refractivity contribution in [1.29, 1.82) is 0 Å². The zero-order valence-electron chi connectivity index (χ0n) is 6.71. The fraction of sp³-hybridized carbons (Fsp3) is 1.00. The third kappa shape index (κ3) is 1180000. The van der Waals surface area contributed by atoms with Gasteiger partial charge in [0.2, 0.25) is 0 Å². The Bertz CT molecular complexity index is 24.3. The third-order valence-electron chi connectivity index (χ3n) is 0. The summed E-state index contributed by atoms with van der Waals surface area (Å²) in [6.45, 7) is 8.25. The first kappa shape index (κ1) is 4520. The van der Waals surface area contributed by atoms with Gasteiger partial charge < -0.3 is 21.9 Å². The summed E-state index contributed by atoms with van der Waals surface area (Å²) < 4.78 is 0. The lowest BCUT2D eigenvalue weighted by Crippen LogP contribution is -1.27. The molecule has 0 heterocycles. The minimum Gasteiger partial charge on any atom is -0.412 e. The summed E-state index contributed by atoms with van der Waals surface area (Å²) in [5.41, 5.74) is 0. The lowest BCUT2D eigenvalue weighted by molar-refractivity contribution is 0.823. The molecule has 34 heavy (non-hydrogen) atoms. The average Bonchev–Trinajstić information content (AvgIpc) is 1.46. The molecular formula is C30H124O4. The van der Waals surface area contributed by atoms with Crippen molar-refractivity contribution in [3.05, 3.63) is 0 Å². The maximum Gasteiger partial charge on any atom is 0 e. The van der Waals surface area contributed by atoms with Crippen LogP contribution in [-0.2, 0) is 0 Å². The van der Waals surface area contributed by atoms with E-state index < -0.39 is 0 Å². The van der Waals surface area contributed by atoms with Crippen LogP contribution in [0.15, 0.2) is 0 Å². The Labute approximate surface area is 243 Å². The summed E-state index contributed by atoms with van der Waals surface area (Å²) in [6.07, 6.45) is 1.25. The highest BCUT2D eigenvalue weighted by Gasteiger charge is 1.35. The van der Waals surface area contributed by atoms with Gasteiger partial charge in [0.1, 0.15) is 0 Å². The topological polar surface area (TPSA) is 126 Å². The van der Waals surface area contributed by atoms with Gasteiger partial charge >= 0.3 is 0 Å². The van der Waals surface area contributed by atoms with Gasteiger partial charge in [-0.1, -0.05) is 220 Å². The van der Waals surface area contributed by atoms with Crippen LogP contribution in [0.3, 0.4) is 0 Å². The van der Waals surface area contributed by atoms with Crippen LogP contribution >= 0.6 is 0 Å². The first-order chi connectivity index (χ1) is 2.41. The van der Waals surface area contributed by atoms with Crippen LogP contribution in [-0.4, -0.2) is 21.9 Å². The Morgan fingerprint density at radius 2 is 0.235 bits per heavy atom.